The van der Waals surface area contributed by atoms with Crippen molar-refractivity contribution in [1.29, 1.82) is 0 Å². The number of ether oxygens (including phenoxy) is 1. The summed E-state index contributed by atoms with van der Waals surface area (Å²) >= 11 is 0. The molecule has 1 saturated heterocycles. The lowest BCUT2D eigenvalue weighted by Crippen LogP contribution is -2.42. The van der Waals surface area contributed by atoms with Gasteiger partial charge in [0.1, 0.15) is 0 Å². The summed E-state index contributed by atoms with van der Waals surface area (Å²) in [5.41, 5.74) is 0.317. The Balaban J connectivity index is 2.04. The molecule has 20 heavy (non-hydrogen) atoms. The van der Waals surface area contributed by atoms with E-state index in [9.17, 15) is 0 Å². The number of hydrogen-bond donors (Lipinski definition) is 1. The van der Waals surface area contributed by atoms with Gasteiger partial charge in [0.05, 0.1) is 13.3 Å². The van der Waals surface area contributed by atoms with E-state index in [-0.39, 0.29) is 0 Å². The van der Waals surface area contributed by atoms with Crippen LogP contribution >= 0.6 is 0 Å². The summed E-state index contributed by atoms with van der Waals surface area (Å²) in [6.07, 6.45) is 17.9. The first kappa shape index (κ1) is 18.0. The maximum Gasteiger partial charge on any atom is 0.0971 e. The topological polar surface area (TPSA) is 21.3 Å². The summed E-state index contributed by atoms with van der Waals surface area (Å²) in [7, 11) is 0. The summed E-state index contributed by atoms with van der Waals surface area (Å²) < 4.78 is 5.60. The van der Waals surface area contributed by atoms with Gasteiger partial charge in [-0.2, -0.15) is 0 Å². The minimum Gasteiger partial charge on any atom is -0.364 e. The number of nitrogens with one attached hydrogen (secondary N) is 1. The zero-order valence-electron chi connectivity index (χ0n) is 14.0. The summed E-state index contributed by atoms with van der Waals surface area (Å²) in [5, 5.41) is 3.63. The van der Waals surface area contributed by atoms with E-state index in [0.717, 1.165) is 13.3 Å². The lowest BCUT2D eigenvalue weighted by Gasteiger charge is -2.28. The molecular formula is C18H37NO. The van der Waals surface area contributed by atoms with Gasteiger partial charge in [0.25, 0.3) is 0 Å². The van der Waals surface area contributed by atoms with E-state index >= 15 is 0 Å². The summed E-state index contributed by atoms with van der Waals surface area (Å²) in [6, 6.07) is 0. The smallest absolute Gasteiger partial charge is 0.0971 e. The predicted octanol–water partition coefficient (Wildman–Crippen LogP) is 5.41. The van der Waals surface area contributed by atoms with E-state index in [2.05, 4.69) is 19.2 Å². The highest BCUT2D eigenvalue weighted by atomic mass is 16.5. The number of rotatable bonds is 13. The third kappa shape index (κ3) is 7.64. The molecule has 0 amide bonds. The Bertz CT molecular complexity index is 211. The SMILES string of the molecule is CCCCCCCCCCC1(CCCCC)COCN1. The van der Waals surface area contributed by atoms with Gasteiger partial charge in [0.15, 0.2) is 0 Å². The Hall–Kier alpha value is -0.0800. The Morgan fingerprint density at radius 2 is 1.25 bits per heavy atom. The Morgan fingerprint density at radius 1 is 0.750 bits per heavy atom. The van der Waals surface area contributed by atoms with Crippen LogP contribution in [0.4, 0.5) is 0 Å². The molecule has 0 aromatic carbocycles. The zero-order chi connectivity index (χ0) is 14.5. The van der Waals surface area contributed by atoms with Crippen molar-refractivity contribution in [2.45, 2.75) is 103 Å². The highest BCUT2D eigenvalue weighted by molar-refractivity contribution is 4.90. The van der Waals surface area contributed by atoms with Gasteiger partial charge < -0.3 is 4.74 Å². The monoisotopic (exact) mass is 283 g/mol. The molecule has 1 N–H and O–H groups in total. The molecule has 0 aliphatic carbocycles. The van der Waals surface area contributed by atoms with Gasteiger partial charge >= 0.3 is 0 Å². The molecule has 0 bridgehead atoms. The van der Waals surface area contributed by atoms with E-state index in [1.54, 1.807) is 0 Å². The van der Waals surface area contributed by atoms with Gasteiger partial charge in [-0.1, -0.05) is 84.5 Å². The highest BCUT2D eigenvalue weighted by Crippen LogP contribution is 2.26. The van der Waals surface area contributed by atoms with Crippen LogP contribution in [0.5, 0.6) is 0 Å². The van der Waals surface area contributed by atoms with Gasteiger partial charge in [0, 0.05) is 5.54 Å². The molecule has 1 unspecified atom stereocenters. The third-order valence-electron chi connectivity index (χ3n) is 4.70. The fourth-order valence-corrected chi connectivity index (χ4v) is 3.26. The van der Waals surface area contributed by atoms with Crippen molar-refractivity contribution < 1.29 is 4.74 Å². The molecule has 1 heterocycles. The fraction of sp³-hybridized carbons (Fsp3) is 1.00. The van der Waals surface area contributed by atoms with Crippen LogP contribution in [-0.4, -0.2) is 18.9 Å². The average Bonchev–Trinajstić information content (AvgIpc) is 2.91. The number of hydrogen-bond acceptors (Lipinski definition) is 2. The van der Waals surface area contributed by atoms with Crippen LogP contribution in [0.1, 0.15) is 97.3 Å². The van der Waals surface area contributed by atoms with Gasteiger partial charge in [-0.15, -0.1) is 0 Å². The first-order valence-corrected chi connectivity index (χ1v) is 9.16. The lowest BCUT2D eigenvalue weighted by atomic mass is 9.87. The molecule has 0 aromatic rings. The molecule has 1 atom stereocenters. The first-order valence-electron chi connectivity index (χ1n) is 9.16. The van der Waals surface area contributed by atoms with Crippen molar-refractivity contribution in [2.24, 2.45) is 0 Å². The second-order valence-corrected chi connectivity index (χ2v) is 6.63. The molecule has 1 rings (SSSR count). The van der Waals surface area contributed by atoms with Crippen molar-refractivity contribution in [1.82, 2.24) is 5.32 Å². The summed E-state index contributed by atoms with van der Waals surface area (Å²) in [5.74, 6) is 0. The van der Waals surface area contributed by atoms with Crippen LogP contribution in [0.25, 0.3) is 0 Å². The first-order chi connectivity index (χ1) is 9.83. The van der Waals surface area contributed by atoms with E-state index < -0.39 is 0 Å². The average molecular weight is 283 g/mol. The Kier molecular flexibility index (Phi) is 10.4. The Labute approximate surface area is 127 Å². The van der Waals surface area contributed by atoms with Crippen molar-refractivity contribution >= 4 is 0 Å². The normalized spacial score (nSPS) is 22.5. The van der Waals surface area contributed by atoms with Gasteiger partial charge in [-0.05, 0) is 12.8 Å². The molecule has 1 aliphatic heterocycles. The van der Waals surface area contributed by atoms with Crippen LogP contribution in [0.3, 0.4) is 0 Å². The maximum atomic E-state index is 5.60. The van der Waals surface area contributed by atoms with Crippen molar-refractivity contribution in [3.63, 3.8) is 0 Å². The molecule has 1 aliphatic rings. The van der Waals surface area contributed by atoms with Gasteiger partial charge in [-0.3, -0.25) is 5.32 Å². The Morgan fingerprint density at radius 3 is 1.80 bits per heavy atom. The fourth-order valence-electron chi connectivity index (χ4n) is 3.26. The lowest BCUT2D eigenvalue weighted by molar-refractivity contribution is 0.169. The van der Waals surface area contributed by atoms with Gasteiger partial charge in [-0.25, -0.2) is 0 Å². The summed E-state index contributed by atoms with van der Waals surface area (Å²) in [4.78, 5) is 0. The second kappa shape index (κ2) is 11.6. The molecular weight excluding hydrogens is 246 g/mol. The van der Waals surface area contributed by atoms with Crippen LogP contribution in [0.15, 0.2) is 0 Å². The van der Waals surface area contributed by atoms with Gasteiger partial charge in [0.2, 0.25) is 0 Å². The maximum absolute atomic E-state index is 5.60. The molecule has 2 heteroatoms. The molecule has 0 aromatic heterocycles. The molecule has 120 valence electrons. The minimum atomic E-state index is 0.317. The highest BCUT2D eigenvalue weighted by Gasteiger charge is 2.32. The minimum absolute atomic E-state index is 0.317. The van der Waals surface area contributed by atoms with E-state index in [1.165, 1.54) is 83.5 Å². The zero-order valence-corrected chi connectivity index (χ0v) is 14.0. The van der Waals surface area contributed by atoms with Crippen molar-refractivity contribution in [2.75, 3.05) is 13.3 Å². The van der Waals surface area contributed by atoms with E-state index in [4.69, 9.17) is 4.74 Å². The molecule has 2 nitrogen and oxygen atoms in total. The van der Waals surface area contributed by atoms with Crippen LogP contribution in [-0.2, 0) is 4.74 Å². The summed E-state index contributed by atoms with van der Waals surface area (Å²) in [6.45, 7) is 6.27. The second-order valence-electron chi connectivity index (χ2n) is 6.63. The standard InChI is InChI=1S/C18H37NO/c1-3-5-7-8-9-10-11-13-15-18(14-12-6-4-2)16-20-17-19-18/h19H,3-17H2,1-2H3. The molecule has 1 fully saturated rings. The van der Waals surface area contributed by atoms with Crippen LogP contribution < -0.4 is 5.32 Å². The largest absolute Gasteiger partial charge is 0.364 e. The van der Waals surface area contributed by atoms with Crippen LogP contribution in [0, 0.1) is 0 Å². The van der Waals surface area contributed by atoms with Crippen molar-refractivity contribution in [3.05, 3.63) is 0 Å². The van der Waals surface area contributed by atoms with E-state index in [1.807, 2.05) is 0 Å². The predicted molar refractivity (Wildman–Crippen MR) is 88.1 cm³/mol. The molecule has 0 saturated carbocycles. The molecule has 0 radical (unpaired) electrons. The third-order valence-corrected chi connectivity index (χ3v) is 4.70. The van der Waals surface area contributed by atoms with E-state index in [0.29, 0.717) is 5.54 Å². The van der Waals surface area contributed by atoms with Crippen LogP contribution in [0.2, 0.25) is 0 Å². The molecule has 0 spiro atoms. The quantitative estimate of drug-likeness (QED) is 0.456. The van der Waals surface area contributed by atoms with Crippen molar-refractivity contribution in [3.8, 4) is 0 Å². The number of unbranched alkanes of at least 4 members (excludes halogenated alkanes) is 9.